The summed E-state index contributed by atoms with van der Waals surface area (Å²) in [5, 5.41) is 5.12. The summed E-state index contributed by atoms with van der Waals surface area (Å²) in [6, 6.07) is 15.4. The first-order valence-corrected chi connectivity index (χ1v) is 10.3. The lowest BCUT2D eigenvalue weighted by molar-refractivity contribution is -0.119. The molecule has 8 heteroatoms. The van der Waals surface area contributed by atoms with Crippen LogP contribution in [0.5, 0.6) is 0 Å². The number of nitrogens with zero attached hydrogens (tertiary/aromatic N) is 1. The average Bonchev–Trinajstić information content (AvgIpc) is 2.84. The van der Waals surface area contributed by atoms with Crippen molar-refractivity contribution in [3.63, 3.8) is 0 Å². The molecule has 0 aromatic heterocycles. The van der Waals surface area contributed by atoms with Crippen LogP contribution in [0.1, 0.15) is 5.56 Å². The van der Waals surface area contributed by atoms with Crippen molar-refractivity contribution < 1.29 is 13.2 Å². The molecule has 27 heavy (non-hydrogen) atoms. The van der Waals surface area contributed by atoms with Crippen LogP contribution in [0.2, 0.25) is 10.0 Å². The van der Waals surface area contributed by atoms with Crippen LogP contribution in [0.25, 0.3) is 10.8 Å². The molecule has 0 fully saturated rings. The molecule has 0 saturated heterocycles. The fourth-order valence-corrected chi connectivity index (χ4v) is 5.32. The Morgan fingerprint density at radius 2 is 1.78 bits per heavy atom. The van der Waals surface area contributed by atoms with E-state index in [0.717, 1.165) is 9.69 Å². The highest BCUT2D eigenvalue weighted by atomic mass is 35.5. The van der Waals surface area contributed by atoms with Gasteiger partial charge in [0.05, 0.1) is 10.6 Å². The number of benzene rings is 3. The Labute approximate surface area is 166 Å². The summed E-state index contributed by atoms with van der Waals surface area (Å²) in [6.45, 7) is -0.124. The third-order valence-corrected chi connectivity index (χ3v) is 6.85. The molecule has 1 amide bonds. The fraction of sp³-hybridized carbons (Fsp3) is 0.105. The third-order valence-electron chi connectivity index (χ3n) is 4.46. The summed E-state index contributed by atoms with van der Waals surface area (Å²) in [6.07, 6.45) is 0. The summed E-state index contributed by atoms with van der Waals surface area (Å²) in [4.78, 5) is 12.6. The molecule has 1 heterocycles. The van der Waals surface area contributed by atoms with Crippen LogP contribution in [0.4, 0.5) is 5.69 Å². The van der Waals surface area contributed by atoms with Gasteiger partial charge in [0, 0.05) is 22.0 Å². The molecule has 0 spiro atoms. The van der Waals surface area contributed by atoms with E-state index in [1.165, 1.54) is 0 Å². The van der Waals surface area contributed by atoms with Crippen molar-refractivity contribution in [1.82, 2.24) is 5.32 Å². The predicted molar refractivity (Wildman–Crippen MR) is 107 cm³/mol. The van der Waals surface area contributed by atoms with Crippen LogP contribution in [-0.2, 0) is 21.4 Å². The quantitative estimate of drug-likeness (QED) is 0.693. The van der Waals surface area contributed by atoms with Crippen molar-refractivity contribution >= 4 is 55.6 Å². The van der Waals surface area contributed by atoms with E-state index in [4.69, 9.17) is 23.2 Å². The fourth-order valence-electron chi connectivity index (χ4n) is 3.17. The van der Waals surface area contributed by atoms with Crippen molar-refractivity contribution in [1.29, 1.82) is 0 Å². The minimum absolute atomic E-state index is 0.180. The molecule has 1 aliphatic heterocycles. The molecule has 0 saturated carbocycles. The molecular formula is C19H14Cl2N2O3S. The van der Waals surface area contributed by atoms with Gasteiger partial charge in [-0.3, -0.25) is 9.10 Å². The minimum atomic E-state index is -3.76. The second-order valence-corrected chi connectivity index (χ2v) is 8.83. The van der Waals surface area contributed by atoms with Gasteiger partial charge in [-0.15, -0.1) is 0 Å². The summed E-state index contributed by atoms with van der Waals surface area (Å²) in [5.74, 6) is -0.422. The van der Waals surface area contributed by atoms with E-state index >= 15 is 0 Å². The molecule has 5 nitrogen and oxygen atoms in total. The van der Waals surface area contributed by atoms with Gasteiger partial charge in [-0.2, -0.15) is 0 Å². The molecule has 0 bridgehead atoms. The van der Waals surface area contributed by atoms with Crippen molar-refractivity contribution in [3.05, 3.63) is 70.2 Å². The number of halogens is 2. The summed E-state index contributed by atoms with van der Waals surface area (Å²) in [5.41, 5.74) is 1.21. The zero-order valence-corrected chi connectivity index (χ0v) is 16.3. The second-order valence-electron chi connectivity index (χ2n) is 6.16. The number of anilines is 1. The lowest BCUT2D eigenvalue weighted by atomic mass is 10.1. The SMILES string of the molecule is O=C(CN1c2cccc3cccc(c23)S1(=O)=O)NCc1ccc(Cl)cc1Cl. The maximum absolute atomic E-state index is 12.9. The van der Waals surface area contributed by atoms with E-state index in [0.29, 0.717) is 26.7 Å². The second kappa shape index (κ2) is 6.71. The molecular weight excluding hydrogens is 407 g/mol. The van der Waals surface area contributed by atoms with Crippen LogP contribution in [0.3, 0.4) is 0 Å². The van der Waals surface area contributed by atoms with Crippen molar-refractivity contribution in [2.45, 2.75) is 11.4 Å². The Hall–Kier alpha value is -2.28. The van der Waals surface area contributed by atoms with Crippen LogP contribution in [-0.4, -0.2) is 20.9 Å². The molecule has 0 unspecified atom stereocenters. The Morgan fingerprint density at radius 3 is 2.52 bits per heavy atom. The number of amides is 1. The maximum atomic E-state index is 12.9. The summed E-state index contributed by atoms with van der Waals surface area (Å²) >= 11 is 12.0. The normalized spacial score (nSPS) is 14.5. The first kappa shape index (κ1) is 18.1. The van der Waals surface area contributed by atoms with Crippen molar-refractivity contribution in [2.24, 2.45) is 0 Å². The molecule has 0 atom stereocenters. The molecule has 3 aromatic rings. The number of hydrogen-bond donors (Lipinski definition) is 1. The monoisotopic (exact) mass is 420 g/mol. The Kier molecular flexibility index (Phi) is 4.50. The Balaban J connectivity index is 1.56. The van der Waals surface area contributed by atoms with Gasteiger partial charge in [0.15, 0.2) is 0 Å². The molecule has 138 valence electrons. The lowest BCUT2D eigenvalue weighted by Crippen LogP contribution is -2.38. The predicted octanol–water partition coefficient (Wildman–Crippen LogP) is 3.97. The largest absolute Gasteiger partial charge is 0.350 e. The van der Waals surface area contributed by atoms with E-state index in [1.807, 2.05) is 12.1 Å². The molecule has 0 radical (unpaired) electrons. The van der Waals surface area contributed by atoms with Gasteiger partial charge in [-0.1, -0.05) is 53.5 Å². The standard InChI is InChI=1S/C19H14Cl2N2O3S/c20-14-8-7-13(15(21)9-14)10-22-18(24)11-23-16-5-1-3-12-4-2-6-17(19(12)16)27(23,25)26/h1-9H,10-11H2,(H,22,24). The summed E-state index contributed by atoms with van der Waals surface area (Å²) in [7, 11) is -3.76. The van der Waals surface area contributed by atoms with Crippen molar-refractivity contribution in [3.8, 4) is 0 Å². The summed E-state index contributed by atoms with van der Waals surface area (Å²) < 4.78 is 26.9. The van der Waals surface area contributed by atoms with Gasteiger partial charge < -0.3 is 5.32 Å². The topological polar surface area (TPSA) is 66.5 Å². The highest BCUT2D eigenvalue weighted by Crippen LogP contribution is 2.41. The van der Waals surface area contributed by atoms with Crippen LogP contribution in [0, 0.1) is 0 Å². The van der Waals surface area contributed by atoms with Crippen molar-refractivity contribution in [2.75, 3.05) is 10.8 Å². The molecule has 1 aliphatic rings. The molecule has 3 aromatic carbocycles. The number of carbonyl (C=O) groups is 1. The van der Waals surface area contributed by atoms with E-state index in [1.54, 1.807) is 42.5 Å². The molecule has 1 N–H and O–H groups in total. The zero-order valence-electron chi connectivity index (χ0n) is 13.9. The van der Waals surface area contributed by atoms with Gasteiger partial charge in [0.25, 0.3) is 10.0 Å². The third kappa shape index (κ3) is 3.14. The maximum Gasteiger partial charge on any atom is 0.265 e. The highest BCUT2D eigenvalue weighted by Gasteiger charge is 2.36. The van der Waals surface area contributed by atoms with E-state index in [9.17, 15) is 13.2 Å². The van der Waals surface area contributed by atoms with Gasteiger partial charge in [-0.25, -0.2) is 8.42 Å². The van der Waals surface area contributed by atoms with Crippen LogP contribution in [0.15, 0.2) is 59.5 Å². The lowest BCUT2D eigenvalue weighted by Gasteiger charge is -2.18. The Bertz CT molecular complexity index is 1170. The number of carbonyl (C=O) groups excluding carboxylic acids is 1. The first-order chi connectivity index (χ1) is 12.9. The number of nitrogens with one attached hydrogen (secondary N) is 1. The molecule has 4 rings (SSSR count). The minimum Gasteiger partial charge on any atom is -0.350 e. The van der Waals surface area contributed by atoms with Gasteiger partial charge in [0.1, 0.15) is 6.54 Å². The van der Waals surface area contributed by atoms with Crippen LogP contribution >= 0.6 is 23.2 Å². The average molecular weight is 421 g/mol. The van der Waals surface area contributed by atoms with E-state index in [2.05, 4.69) is 5.32 Å². The highest BCUT2D eigenvalue weighted by molar-refractivity contribution is 7.93. The van der Waals surface area contributed by atoms with Gasteiger partial charge in [-0.05, 0) is 35.2 Å². The number of rotatable bonds is 4. The van der Waals surface area contributed by atoms with Crippen LogP contribution < -0.4 is 9.62 Å². The van der Waals surface area contributed by atoms with Gasteiger partial charge >= 0.3 is 0 Å². The molecule has 0 aliphatic carbocycles. The zero-order chi connectivity index (χ0) is 19.2. The van der Waals surface area contributed by atoms with E-state index < -0.39 is 15.9 Å². The van der Waals surface area contributed by atoms with E-state index in [-0.39, 0.29) is 18.0 Å². The Morgan fingerprint density at radius 1 is 1.04 bits per heavy atom. The number of hydrogen-bond acceptors (Lipinski definition) is 3. The smallest absolute Gasteiger partial charge is 0.265 e. The first-order valence-electron chi connectivity index (χ1n) is 8.13. The van der Waals surface area contributed by atoms with Gasteiger partial charge in [0.2, 0.25) is 5.91 Å². The number of sulfonamides is 1.